The third-order valence-corrected chi connectivity index (χ3v) is 6.54. The maximum absolute atomic E-state index is 12.2. The molecule has 2 aliphatic rings. The van der Waals surface area contributed by atoms with Crippen LogP contribution in [0.3, 0.4) is 0 Å². The van der Waals surface area contributed by atoms with Gasteiger partial charge in [-0.1, -0.05) is 65.4 Å². The number of hydrogen-bond donors (Lipinski definition) is 0. The Balaban J connectivity index is 1.91. The van der Waals surface area contributed by atoms with Crippen LogP contribution in [0, 0.1) is 17.3 Å². The third-order valence-electron chi connectivity index (χ3n) is 6.54. The summed E-state index contributed by atoms with van der Waals surface area (Å²) < 4.78 is 5.95. The lowest BCUT2D eigenvalue weighted by Crippen LogP contribution is -2.40. The van der Waals surface area contributed by atoms with Crippen LogP contribution < -0.4 is 0 Å². The minimum Gasteiger partial charge on any atom is -0.459 e. The molecule has 4 atom stereocenters. The first-order valence-corrected chi connectivity index (χ1v) is 10.8. The van der Waals surface area contributed by atoms with Gasteiger partial charge in [-0.15, -0.1) is 0 Å². The monoisotopic (exact) mass is 348 g/mol. The maximum atomic E-state index is 12.2. The van der Waals surface area contributed by atoms with Crippen molar-refractivity contribution in [1.82, 2.24) is 0 Å². The van der Waals surface area contributed by atoms with Crippen LogP contribution in [0.1, 0.15) is 104 Å². The molecule has 25 heavy (non-hydrogen) atoms. The van der Waals surface area contributed by atoms with Crippen LogP contribution >= 0.6 is 0 Å². The molecule has 2 saturated carbocycles. The minimum atomic E-state index is -0.183. The summed E-state index contributed by atoms with van der Waals surface area (Å²) >= 11 is 0. The molecular weight excluding hydrogens is 308 g/mol. The topological polar surface area (TPSA) is 26.3 Å². The van der Waals surface area contributed by atoms with E-state index >= 15 is 0 Å². The fourth-order valence-electron chi connectivity index (χ4n) is 5.29. The average molecular weight is 349 g/mol. The molecule has 2 nitrogen and oxygen atoms in total. The molecular formula is C23H40O2. The molecule has 0 aliphatic heterocycles. The molecule has 0 heterocycles. The van der Waals surface area contributed by atoms with Gasteiger partial charge >= 0.3 is 5.97 Å². The predicted octanol–water partition coefficient (Wildman–Crippen LogP) is 6.83. The van der Waals surface area contributed by atoms with E-state index in [0.717, 1.165) is 12.3 Å². The quantitative estimate of drug-likeness (QED) is 0.246. The first-order chi connectivity index (χ1) is 11.9. The van der Waals surface area contributed by atoms with Gasteiger partial charge in [-0.3, -0.25) is 0 Å². The number of ether oxygens (including phenoxy) is 1. The van der Waals surface area contributed by atoms with Gasteiger partial charge in [0, 0.05) is 5.57 Å². The second-order valence-electron chi connectivity index (χ2n) is 9.25. The van der Waals surface area contributed by atoms with Gasteiger partial charge in [-0.2, -0.15) is 0 Å². The largest absolute Gasteiger partial charge is 0.459 e. The van der Waals surface area contributed by atoms with Crippen molar-refractivity contribution in [2.45, 2.75) is 110 Å². The summed E-state index contributed by atoms with van der Waals surface area (Å²) in [7, 11) is 0. The molecule has 2 rings (SSSR count). The van der Waals surface area contributed by atoms with Crippen LogP contribution in [-0.2, 0) is 9.53 Å². The second kappa shape index (κ2) is 9.78. The first-order valence-electron chi connectivity index (χ1n) is 10.8. The zero-order valence-electron chi connectivity index (χ0n) is 16.9. The Morgan fingerprint density at radius 2 is 1.92 bits per heavy atom. The van der Waals surface area contributed by atoms with Gasteiger partial charge in [0.1, 0.15) is 6.10 Å². The van der Waals surface area contributed by atoms with E-state index in [0.29, 0.717) is 16.9 Å². The van der Waals surface area contributed by atoms with E-state index in [9.17, 15) is 4.79 Å². The lowest BCUT2D eigenvalue weighted by atomic mass is 9.59. The molecule has 0 aromatic carbocycles. The number of rotatable bonds is 10. The smallest absolute Gasteiger partial charge is 0.333 e. The van der Waals surface area contributed by atoms with Gasteiger partial charge in [0.2, 0.25) is 0 Å². The Morgan fingerprint density at radius 1 is 1.20 bits per heavy atom. The molecule has 0 aromatic heterocycles. The third kappa shape index (κ3) is 6.46. The van der Waals surface area contributed by atoms with E-state index in [1.807, 2.05) is 0 Å². The van der Waals surface area contributed by atoms with E-state index in [1.165, 1.54) is 77.0 Å². The van der Waals surface area contributed by atoms with Crippen molar-refractivity contribution in [1.29, 1.82) is 0 Å². The maximum Gasteiger partial charge on any atom is 0.333 e. The summed E-state index contributed by atoms with van der Waals surface area (Å²) in [5.74, 6) is 1.23. The van der Waals surface area contributed by atoms with Gasteiger partial charge in [0.25, 0.3) is 0 Å². The molecule has 2 fully saturated rings. The molecule has 0 amide bonds. The van der Waals surface area contributed by atoms with E-state index in [1.54, 1.807) is 6.92 Å². The number of carbonyl (C=O) groups excluding carboxylic acids is 1. The van der Waals surface area contributed by atoms with Crippen LogP contribution in [-0.4, -0.2) is 12.1 Å². The Labute approximate surface area is 155 Å². The molecule has 2 bridgehead atoms. The molecule has 0 spiro atoms. The highest BCUT2D eigenvalue weighted by Crippen LogP contribution is 2.52. The summed E-state index contributed by atoms with van der Waals surface area (Å²) in [6, 6.07) is 0. The van der Waals surface area contributed by atoms with Crippen LogP contribution in [0.4, 0.5) is 0 Å². The Morgan fingerprint density at radius 3 is 2.60 bits per heavy atom. The van der Waals surface area contributed by atoms with Crippen molar-refractivity contribution >= 4 is 5.97 Å². The fraction of sp³-hybridized carbons (Fsp3) is 0.870. The van der Waals surface area contributed by atoms with E-state index < -0.39 is 0 Å². The SMILES string of the molecule is C=C(C)C(=O)OC(CCCCCCCC)C1CC2CCCC(C)(C2)C1. The summed E-state index contributed by atoms with van der Waals surface area (Å²) in [6.07, 6.45) is 16.9. The van der Waals surface area contributed by atoms with E-state index in [2.05, 4.69) is 20.4 Å². The van der Waals surface area contributed by atoms with Crippen molar-refractivity contribution in [2.24, 2.45) is 17.3 Å². The highest BCUT2D eigenvalue weighted by Gasteiger charge is 2.42. The van der Waals surface area contributed by atoms with Crippen molar-refractivity contribution < 1.29 is 9.53 Å². The van der Waals surface area contributed by atoms with Gasteiger partial charge in [-0.25, -0.2) is 4.79 Å². The zero-order chi connectivity index (χ0) is 18.3. The molecule has 144 valence electrons. The number of esters is 1. The summed E-state index contributed by atoms with van der Waals surface area (Å²) in [6.45, 7) is 10.3. The zero-order valence-corrected chi connectivity index (χ0v) is 16.9. The number of hydrogen-bond acceptors (Lipinski definition) is 2. The molecule has 2 heteroatoms. The molecule has 0 radical (unpaired) electrons. The van der Waals surface area contributed by atoms with Crippen LogP contribution in [0.2, 0.25) is 0 Å². The van der Waals surface area contributed by atoms with Crippen molar-refractivity contribution in [3.63, 3.8) is 0 Å². The average Bonchev–Trinajstić information content (AvgIpc) is 2.55. The minimum absolute atomic E-state index is 0.107. The fourth-order valence-corrected chi connectivity index (χ4v) is 5.29. The van der Waals surface area contributed by atoms with Crippen molar-refractivity contribution in [2.75, 3.05) is 0 Å². The number of fused-ring (bicyclic) bond motifs is 2. The van der Waals surface area contributed by atoms with Crippen LogP contribution in [0.5, 0.6) is 0 Å². The second-order valence-corrected chi connectivity index (χ2v) is 9.25. The predicted molar refractivity (Wildman–Crippen MR) is 105 cm³/mol. The summed E-state index contributed by atoms with van der Waals surface area (Å²) in [5, 5.41) is 0. The number of carbonyl (C=O) groups is 1. The van der Waals surface area contributed by atoms with Gasteiger partial charge < -0.3 is 4.74 Å². The molecule has 0 saturated heterocycles. The Hall–Kier alpha value is -0.790. The van der Waals surface area contributed by atoms with E-state index in [-0.39, 0.29) is 12.1 Å². The van der Waals surface area contributed by atoms with Crippen molar-refractivity contribution in [3.05, 3.63) is 12.2 Å². The van der Waals surface area contributed by atoms with Gasteiger partial charge in [0.05, 0.1) is 0 Å². The molecule has 2 aliphatic carbocycles. The summed E-state index contributed by atoms with van der Waals surface area (Å²) in [5.41, 5.74) is 1.02. The van der Waals surface area contributed by atoms with Crippen molar-refractivity contribution in [3.8, 4) is 0 Å². The standard InChI is InChI=1S/C23H40O2/c1-5-6-7-8-9-10-13-21(25-22(24)18(2)3)20-15-19-12-11-14-23(4,16-19)17-20/h19-21H,2,5-17H2,1,3-4H3. The molecule has 0 N–H and O–H groups in total. The van der Waals surface area contributed by atoms with E-state index in [4.69, 9.17) is 4.74 Å². The van der Waals surface area contributed by atoms with Gasteiger partial charge in [0.15, 0.2) is 0 Å². The highest BCUT2D eigenvalue weighted by molar-refractivity contribution is 5.87. The van der Waals surface area contributed by atoms with Crippen LogP contribution in [0.25, 0.3) is 0 Å². The normalized spacial score (nSPS) is 29.9. The molecule has 4 unspecified atom stereocenters. The molecule has 0 aromatic rings. The number of unbranched alkanes of at least 4 members (excludes halogenated alkanes) is 5. The lowest BCUT2D eigenvalue weighted by Gasteiger charge is -2.48. The highest BCUT2D eigenvalue weighted by atomic mass is 16.5. The Kier molecular flexibility index (Phi) is 8.03. The lowest BCUT2D eigenvalue weighted by molar-refractivity contribution is -0.150. The van der Waals surface area contributed by atoms with Gasteiger partial charge in [-0.05, 0) is 62.7 Å². The first kappa shape index (κ1) is 20.5. The Bertz CT molecular complexity index is 441. The van der Waals surface area contributed by atoms with Crippen LogP contribution in [0.15, 0.2) is 12.2 Å². The summed E-state index contributed by atoms with van der Waals surface area (Å²) in [4.78, 5) is 12.2.